The van der Waals surface area contributed by atoms with Gasteiger partial charge in [-0.1, -0.05) is 30.3 Å². The van der Waals surface area contributed by atoms with Crippen molar-refractivity contribution in [3.05, 3.63) is 63.6 Å². The van der Waals surface area contributed by atoms with Crippen molar-refractivity contribution in [2.75, 3.05) is 0 Å². The van der Waals surface area contributed by atoms with Crippen molar-refractivity contribution in [1.29, 1.82) is 0 Å². The van der Waals surface area contributed by atoms with Gasteiger partial charge in [-0.05, 0) is 51.7 Å². The molecule has 0 atom stereocenters. The van der Waals surface area contributed by atoms with Crippen molar-refractivity contribution >= 4 is 27.7 Å². The molecule has 94 valence electrons. The SMILES string of the molecule is Cc1cc(CN)ccc1CSc1ccccc1Br. The minimum Gasteiger partial charge on any atom is -0.326 e. The first-order chi connectivity index (χ1) is 8.70. The van der Waals surface area contributed by atoms with Gasteiger partial charge in [-0.2, -0.15) is 0 Å². The van der Waals surface area contributed by atoms with Gasteiger partial charge in [0.05, 0.1) is 0 Å². The molecular weight excluding hydrogens is 306 g/mol. The summed E-state index contributed by atoms with van der Waals surface area (Å²) in [5.74, 6) is 0.985. The highest BCUT2D eigenvalue weighted by Gasteiger charge is 2.03. The van der Waals surface area contributed by atoms with E-state index < -0.39 is 0 Å². The predicted molar refractivity (Wildman–Crippen MR) is 82.8 cm³/mol. The van der Waals surface area contributed by atoms with E-state index in [-0.39, 0.29) is 0 Å². The maximum absolute atomic E-state index is 5.64. The molecule has 0 saturated carbocycles. The molecule has 2 aromatic carbocycles. The number of hydrogen-bond acceptors (Lipinski definition) is 2. The molecule has 2 rings (SSSR count). The molecule has 3 heteroatoms. The molecule has 0 unspecified atom stereocenters. The number of nitrogens with two attached hydrogens (primary N) is 1. The zero-order valence-electron chi connectivity index (χ0n) is 10.3. The smallest absolute Gasteiger partial charge is 0.0311 e. The Labute approximate surface area is 121 Å². The molecule has 0 saturated heterocycles. The van der Waals surface area contributed by atoms with Gasteiger partial charge in [0.2, 0.25) is 0 Å². The number of benzene rings is 2. The maximum Gasteiger partial charge on any atom is 0.0311 e. The molecule has 2 N–H and O–H groups in total. The van der Waals surface area contributed by atoms with Crippen molar-refractivity contribution in [3.63, 3.8) is 0 Å². The summed E-state index contributed by atoms with van der Waals surface area (Å²) in [6.07, 6.45) is 0. The second-order valence-electron chi connectivity index (χ2n) is 4.18. The fourth-order valence-corrected chi connectivity index (χ4v) is 3.41. The van der Waals surface area contributed by atoms with Gasteiger partial charge in [0.15, 0.2) is 0 Å². The van der Waals surface area contributed by atoms with E-state index in [4.69, 9.17) is 5.73 Å². The summed E-state index contributed by atoms with van der Waals surface area (Å²) in [4.78, 5) is 1.28. The van der Waals surface area contributed by atoms with E-state index in [2.05, 4.69) is 59.3 Å². The van der Waals surface area contributed by atoms with E-state index in [1.165, 1.54) is 21.6 Å². The van der Waals surface area contributed by atoms with Crippen LogP contribution in [0.4, 0.5) is 0 Å². The summed E-state index contributed by atoms with van der Waals surface area (Å²) in [7, 11) is 0. The lowest BCUT2D eigenvalue weighted by atomic mass is 10.1. The second-order valence-corrected chi connectivity index (χ2v) is 6.06. The molecule has 0 aliphatic carbocycles. The molecule has 0 radical (unpaired) electrons. The van der Waals surface area contributed by atoms with Crippen molar-refractivity contribution in [2.45, 2.75) is 24.1 Å². The largest absolute Gasteiger partial charge is 0.326 e. The van der Waals surface area contributed by atoms with Crippen LogP contribution in [0.3, 0.4) is 0 Å². The van der Waals surface area contributed by atoms with E-state index in [1.807, 2.05) is 17.8 Å². The molecule has 0 amide bonds. The standard InChI is InChI=1S/C15H16BrNS/c1-11-8-12(9-17)6-7-13(11)10-18-15-5-3-2-4-14(15)16/h2-8H,9-10,17H2,1H3. The Hall–Kier alpha value is -0.770. The van der Waals surface area contributed by atoms with Crippen LogP contribution in [0, 0.1) is 6.92 Å². The highest BCUT2D eigenvalue weighted by atomic mass is 79.9. The van der Waals surface area contributed by atoms with Gasteiger partial charge < -0.3 is 5.73 Å². The van der Waals surface area contributed by atoms with Crippen LogP contribution in [0.15, 0.2) is 51.8 Å². The summed E-state index contributed by atoms with van der Waals surface area (Å²) in [5, 5.41) is 0. The average molecular weight is 322 g/mol. The zero-order valence-corrected chi connectivity index (χ0v) is 12.7. The van der Waals surface area contributed by atoms with E-state index in [0.29, 0.717) is 6.54 Å². The predicted octanol–water partition coefficient (Wildman–Crippen LogP) is 4.51. The summed E-state index contributed by atoms with van der Waals surface area (Å²) in [6, 6.07) is 14.8. The number of halogens is 1. The van der Waals surface area contributed by atoms with E-state index in [0.717, 1.165) is 10.2 Å². The molecule has 0 fully saturated rings. The van der Waals surface area contributed by atoms with Gasteiger partial charge in [0.25, 0.3) is 0 Å². The third-order valence-corrected chi connectivity index (χ3v) is 4.94. The van der Waals surface area contributed by atoms with Crippen LogP contribution in [0.5, 0.6) is 0 Å². The fraction of sp³-hybridized carbons (Fsp3) is 0.200. The van der Waals surface area contributed by atoms with E-state index >= 15 is 0 Å². The Morgan fingerprint density at radius 3 is 2.61 bits per heavy atom. The number of hydrogen-bond donors (Lipinski definition) is 1. The molecule has 18 heavy (non-hydrogen) atoms. The summed E-state index contributed by atoms with van der Waals surface area (Å²) >= 11 is 5.42. The lowest BCUT2D eigenvalue weighted by Crippen LogP contribution is -1.97. The van der Waals surface area contributed by atoms with Gasteiger partial charge in [-0.15, -0.1) is 11.8 Å². The Bertz CT molecular complexity index is 540. The molecule has 1 nitrogen and oxygen atoms in total. The second kappa shape index (κ2) is 6.41. The van der Waals surface area contributed by atoms with Crippen LogP contribution in [0.1, 0.15) is 16.7 Å². The van der Waals surface area contributed by atoms with Gasteiger partial charge in [-0.3, -0.25) is 0 Å². The van der Waals surface area contributed by atoms with E-state index in [9.17, 15) is 0 Å². The lowest BCUT2D eigenvalue weighted by molar-refractivity contribution is 1.06. The van der Waals surface area contributed by atoms with Gasteiger partial charge in [0.1, 0.15) is 0 Å². The third kappa shape index (κ3) is 3.37. The molecule has 0 aliphatic heterocycles. The van der Waals surface area contributed by atoms with E-state index in [1.54, 1.807) is 0 Å². The lowest BCUT2D eigenvalue weighted by Gasteiger charge is -2.08. The van der Waals surface area contributed by atoms with Crippen LogP contribution < -0.4 is 5.73 Å². The van der Waals surface area contributed by atoms with Crippen molar-refractivity contribution in [3.8, 4) is 0 Å². The quantitative estimate of drug-likeness (QED) is 0.838. The Balaban J connectivity index is 2.09. The van der Waals surface area contributed by atoms with Crippen LogP contribution in [0.25, 0.3) is 0 Å². The Morgan fingerprint density at radius 2 is 1.94 bits per heavy atom. The molecular formula is C15H16BrNS. The molecule has 2 aromatic rings. The van der Waals surface area contributed by atoms with Crippen molar-refractivity contribution in [1.82, 2.24) is 0 Å². The first kappa shape index (κ1) is 13.7. The van der Waals surface area contributed by atoms with Crippen LogP contribution in [-0.2, 0) is 12.3 Å². The topological polar surface area (TPSA) is 26.0 Å². The van der Waals surface area contributed by atoms with Gasteiger partial charge in [-0.25, -0.2) is 0 Å². The molecule has 0 spiro atoms. The minimum atomic E-state index is 0.610. The number of aryl methyl sites for hydroxylation is 1. The normalized spacial score (nSPS) is 10.6. The van der Waals surface area contributed by atoms with Gasteiger partial charge in [0, 0.05) is 21.7 Å². The summed E-state index contributed by atoms with van der Waals surface area (Å²) in [6.45, 7) is 2.76. The monoisotopic (exact) mass is 321 g/mol. The Morgan fingerprint density at radius 1 is 1.17 bits per heavy atom. The van der Waals surface area contributed by atoms with Crippen LogP contribution >= 0.6 is 27.7 Å². The maximum atomic E-state index is 5.64. The molecule has 0 heterocycles. The van der Waals surface area contributed by atoms with Crippen molar-refractivity contribution < 1.29 is 0 Å². The third-order valence-electron chi connectivity index (χ3n) is 2.86. The molecule has 0 aliphatic rings. The minimum absolute atomic E-state index is 0.610. The van der Waals surface area contributed by atoms with Crippen molar-refractivity contribution in [2.24, 2.45) is 5.73 Å². The zero-order chi connectivity index (χ0) is 13.0. The molecule has 0 aromatic heterocycles. The first-order valence-electron chi connectivity index (χ1n) is 5.86. The summed E-state index contributed by atoms with van der Waals surface area (Å²) < 4.78 is 1.16. The highest BCUT2D eigenvalue weighted by Crippen LogP contribution is 2.30. The Kier molecular flexibility index (Phi) is 4.87. The summed E-state index contributed by atoms with van der Waals surface area (Å²) in [5.41, 5.74) is 9.52. The average Bonchev–Trinajstić information content (AvgIpc) is 2.39. The number of thioether (sulfide) groups is 1. The van der Waals surface area contributed by atoms with Crippen LogP contribution in [0.2, 0.25) is 0 Å². The molecule has 0 bridgehead atoms. The van der Waals surface area contributed by atoms with Crippen LogP contribution in [-0.4, -0.2) is 0 Å². The number of rotatable bonds is 4. The highest BCUT2D eigenvalue weighted by molar-refractivity contribution is 9.10. The fourth-order valence-electron chi connectivity index (χ4n) is 1.76. The first-order valence-corrected chi connectivity index (χ1v) is 7.64. The van der Waals surface area contributed by atoms with Gasteiger partial charge >= 0.3 is 0 Å².